The van der Waals surface area contributed by atoms with Crippen molar-refractivity contribution in [3.8, 4) is 0 Å². The summed E-state index contributed by atoms with van der Waals surface area (Å²) in [6, 6.07) is 5.71. The van der Waals surface area contributed by atoms with Crippen LogP contribution in [0.3, 0.4) is 0 Å². The topological polar surface area (TPSA) is 86.7 Å². The van der Waals surface area contributed by atoms with E-state index in [1.54, 1.807) is 0 Å². The lowest BCUT2D eigenvalue weighted by atomic mass is 9.96. The number of anilines is 1. The number of nitrogens with one attached hydrogen (secondary N) is 2. The van der Waals surface area contributed by atoms with E-state index in [9.17, 15) is 0 Å². The number of allylic oxidation sites excluding steroid dienone is 5. The molecule has 2 heterocycles. The lowest BCUT2D eigenvalue weighted by Crippen LogP contribution is -2.25. The second-order valence-corrected chi connectivity index (χ2v) is 6.62. The van der Waals surface area contributed by atoms with Gasteiger partial charge in [0.2, 0.25) is 0 Å². The second-order valence-electron chi connectivity index (χ2n) is 6.62. The molecule has 0 fully saturated rings. The summed E-state index contributed by atoms with van der Waals surface area (Å²) in [6.07, 6.45) is 6.68. The molecule has 26 heavy (non-hydrogen) atoms. The number of ether oxygens (including phenoxy) is 1. The zero-order chi connectivity index (χ0) is 18.7. The van der Waals surface area contributed by atoms with Crippen molar-refractivity contribution in [3.05, 3.63) is 64.5 Å². The number of benzene rings is 1. The van der Waals surface area contributed by atoms with Crippen molar-refractivity contribution in [2.24, 2.45) is 5.10 Å². The van der Waals surface area contributed by atoms with Crippen LogP contribution in [0.25, 0.3) is 0 Å². The predicted octanol–water partition coefficient (Wildman–Crippen LogP) is 2.99. The van der Waals surface area contributed by atoms with Gasteiger partial charge in [-0.2, -0.15) is 5.10 Å². The Morgan fingerprint density at radius 1 is 1.31 bits per heavy atom. The molecule has 0 aromatic heterocycles. The van der Waals surface area contributed by atoms with Crippen molar-refractivity contribution >= 4 is 17.2 Å². The first-order valence-electron chi connectivity index (χ1n) is 8.65. The number of rotatable bonds is 3. The molecule has 0 amide bonds. The highest BCUT2D eigenvalue weighted by Gasteiger charge is 2.18. The third-order valence-electron chi connectivity index (χ3n) is 4.45. The van der Waals surface area contributed by atoms with E-state index in [1.807, 2.05) is 55.3 Å². The van der Waals surface area contributed by atoms with E-state index >= 15 is 0 Å². The number of hydrogen-bond acceptors (Lipinski definition) is 6. The number of nitrogen functional groups attached to an aromatic ring is 1. The van der Waals surface area contributed by atoms with Crippen LogP contribution < -0.4 is 11.2 Å². The smallest absolute Gasteiger partial charge is 0.157 e. The van der Waals surface area contributed by atoms with Crippen LogP contribution in [0.15, 0.2) is 58.4 Å². The Kier molecular flexibility index (Phi) is 5.11. The molecule has 136 valence electrons. The zero-order valence-corrected chi connectivity index (χ0v) is 15.5. The van der Waals surface area contributed by atoms with Gasteiger partial charge < -0.3 is 15.4 Å². The Bertz CT molecular complexity index is 848. The van der Waals surface area contributed by atoms with E-state index in [0.717, 1.165) is 29.2 Å². The normalized spacial score (nSPS) is 23.6. The van der Waals surface area contributed by atoms with Gasteiger partial charge in [-0.15, -0.1) is 0 Å². The predicted molar refractivity (Wildman–Crippen MR) is 106 cm³/mol. The highest BCUT2D eigenvalue weighted by molar-refractivity contribution is 6.16. The molecule has 2 aliphatic rings. The van der Waals surface area contributed by atoms with Gasteiger partial charge in [-0.1, -0.05) is 11.6 Å². The number of amidine groups is 1. The van der Waals surface area contributed by atoms with Gasteiger partial charge in [-0.25, -0.2) is 0 Å². The van der Waals surface area contributed by atoms with Crippen molar-refractivity contribution in [2.45, 2.75) is 20.3 Å². The van der Waals surface area contributed by atoms with Gasteiger partial charge in [0, 0.05) is 35.9 Å². The minimum Gasteiger partial charge on any atom is -0.498 e. The fourth-order valence-electron chi connectivity index (χ4n) is 2.90. The molecule has 0 saturated carbocycles. The summed E-state index contributed by atoms with van der Waals surface area (Å²) in [5.41, 5.74) is 13.8. The van der Waals surface area contributed by atoms with E-state index in [-0.39, 0.29) is 0 Å². The van der Waals surface area contributed by atoms with Crippen LogP contribution in [0, 0.1) is 5.41 Å². The summed E-state index contributed by atoms with van der Waals surface area (Å²) in [5, 5.41) is 13.1. The molecule has 0 radical (unpaired) electrons. The van der Waals surface area contributed by atoms with Crippen LogP contribution in [0.2, 0.25) is 0 Å². The van der Waals surface area contributed by atoms with Gasteiger partial charge >= 0.3 is 0 Å². The first-order valence-corrected chi connectivity index (χ1v) is 8.65. The molecule has 0 bridgehead atoms. The summed E-state index contributed by atoms with van der Waals surface area (Å²) in [6.45, 7) is 5.30. The second kappa shape index (κ2) is 7.47. The largest absolute Gasteiger partial charge is 0.498 e. The minimum atomic E-state index is 0.392. The maximum absolute atomic E-state index is 8.75. The van der Waals surface area contributed by atoms with Gasteiger partial charge in [0.25, 0.3) is 0 Å². The average Bonchev–Trinajstić information content (AvgIpc) is 3.06. The monoisotopic (exact) mass is 351 g/mol. The fourth-order valence-corrected chi connectivity index (χ4v) is 2.90. The van der Waals surface area contributed by atoms with Crippen molar-refractivity contribution in [3.63, 3.8) is 0 Å². The van der Waals surface area contributed by atoms with Gasteiger partial charge in [0.1, 0.15) is 6.67 Å². The minimum absolute atomic E-state index is 0.392. The molecule has 0 saturated heterocycles. The van der Waals surface area contributed by atoms with Crippen molar-refractivity contribution in [1.82, 2.24) is 10.3 Å². The van der Waals surface area contributed by atoms with Crippen molar-refractivity contribution in [2.75, 3.05) is 26.1 Å². The third-order valence-corrected chi connectivity index (χ3v) is 4.45. The SMILES string of the molecule is C\C1=C/C(C(=N)c2cc(C3=NNCN3C)ccc2N)=C\C=C(/C)OCC1. The number of nitrogens with zero attached hydrogens (tertiary/aromatic N) is 2. The lowest BCUT2D eigenvalue weighted by Gasteiger charge is -2.15. The molecule has 4 N–H and O–H groups in total. The Morgan fingerprint density at radius 2 is 2.12 bits per heavy atom. The average molecular weight is 351 g/mol. The molecule has 1 aromatic rings. The standard InChI is InChI=1S/C20H25N5O/c1-13-8-9-26-14(2)4-5-15(10-13)19(22)17-11-16(6-7-18(17)21)20-24-23-12-25(20)3/h4-7,10-11,22-23H,8-9,12,21H2,1-3H3/b13-10+,14-4+,15-5+,22-19?. The van der Waals surface area contributed by atoms with Crippen LogP contribution in [-0.2, 0) is 4.74 Å². The van der Waals surface area contributed by atoms with Crippen LogP contribution in [0.5, 0.6) is 0 Å². The van der Waals surface area contributed by atoms with E-state index in [4.69, 9.17) is 15.9 Å². The third kappa shape index (κ3) is 3.79. The molecule has 0 aliphatic carbocycles. The molecular formula is C20H25N5O. The number of hydrazone groups is 1. The maximum atomic E-state index is 8.75. The highest BCUT2D eigenvalue weighted by atomic mass is 16.5. The first-order chi connectivity index (χ1) is 12.5. The van der Waals surface area contributed by atoms with Gasteiger partial charge in [-0.05, 0) is 44.2 Å². The molecule has 6 nitrogen and oxygen atoms in total. The molecule has 1 aromatic carbocycles. The quantitative estimate of drug-likeness (QED) is 0.577. The van der Waals surface area contributed by atoms with Crippen molar-refractivity contribution < 1.29 is 4.74 Å². The van der Waals surface area contributed by atoms with Crippen LogP contribution in [0.4, 0.5) is 5.69 Å². The summed E-state index contributed by atoms with van der Waals surface area (Å²) in [5.74, 6) is 1.69. The molecule has 2 aliphatic heterocycles. The zero-order valence-electron chi connectivity index (χ0n) is 15.5. The van der Waals surface area contributed by atoms with Gasteiger partial charge in [0.05, 0.1) is 18.1 Å². The Hall–Kier alpha value is -3.02. The van der Waals surface area contributed by atoms with Crippen LogP contribution in [0.1, 0.15) is 31.4 Å². The van der Waals surface area contributed by atoms with E-state index in [1.165, 1.54) is 5.57 Å². The van der Waals surface area contributed by atoms with Crippen LogP contribution >= 0.6 is 0 Å². The maximum Gasteiger partial charge on any atom is 0.157 e. The number of hydrogen-bond donors (Lipinski definition) is 3. The number of nitrogens with two attached hydrogens (primary N) is 1. The lowest BCUT2D eigenvalue weighted by molar-refractivity contribution is 0.218. The summed E-state index contributed by atoms with van der Waals surface area (Å²) >= 11 is 0. The summed E-state index contributed by atoms with van der Waals surface area (Å²) in [4.78, 5) is 2.02. The van der Waals surface area contributed by atoms with Crippen molar-refractivity contribution in [1.29, 1.82) is 5.41 Å². The molecule has 3 rings (SSSR count). The molecular weight excluding hydrogens is 326 g/mol. The molecule has 0 spiro atoms. The summed E-state index contributed by atoms with van der Waals surface area (Å²) < 4.78 is 5.64. The highest BCUT2D eigenvalue weighted by Crippen LogP contribution is 2.22. The van der Waals surface area contributed by atoms with E-state index in [0.29, 0.717) is 30.2 Å². The Balaban J connectivity index is 2.00. The fraction of sp³-hybridized carbons (Fsp3) is 0.300. The van der Waals surface area contributed by atoms with Gasteiger partial charge in [0.15, 0.2) is 5.84 Å². The molecule has 0 atom stereocenters. The summed E-state index contributed by atoms with van der Waals surface area (Å²) in [7, 11) is 1.97. The van der Waals surface area contributed by atoms with E-state index < -0.39 is 0 Å². The first kappa shape index (κ1) is 17.8. The Labute approximate surface area is 154 Å². The van der Waals surface area contributed by atoms with Crippen LogP contribution in [-0.4, -0.2) is 36.8 Å². The molecule has 6 heteroatoms. The molecule has 0 unspecified atom stereocenters. The van der Waals surface area contributed by atoms with E-state index in [2.05, 4.69) is 17.5 Å². The Morgan fingerprint density at radius 3 is 2.85 bits per heavy atom. The van der Waals surface area contributed by atoms with Gasteiger partial charge in [-0.3, -0.25) is 10.8 Å².